The average Bonchev–Trinajstić information content (AvgIpc) is 2.48. The summed E-state index contributed by atoms with van der Waals surface area (Å²) in [5.74, 6) is -3.24. The third kappa shape index (κ3) is 5.76. The van der Waals surface area contributed by atoms with Crippen LogP contribution in [0, 0.1) is 27.7 Å². The van der Waals surface area contributed by atoms with Crippen LogP contribution in [0.2, 0.25) is 0 Å². The minimum atomic E-state index is -1.38. The number of carbonyl (C=O) groups excluding carboxylic acids is 1. The van der Waals surface area contributed by atoms with E-state index < -0.39 is 63.2 Å². The van der Waals surface area contributed by atoms with E-state index in [9.17, 15) is 33.3 Å². The van der Waals surface area contributed by atoms with Crippen LogP contribution in [0.25, 0.3) is 0 Å². The van der Waals surface area contributed by atoms with Crippen molar-refractivity contribution in [1.82, 2.24) is 5.32 Å². The number of amides is 1. The van der Waals surface area contributed by atoms with Crippen LogP contribution >= 0.6 is 0 Å². The van der Waals surface area contributed by atoms with Crippen LogP contribution in [0.4, 0.5) is 19.3 Å². The zero-order chi connectivity index (χ0) is 21.2. The summed E-state index contributed by atoms with van der Waals surface area (Å²) >= 11 is -1.38. The van der Waals surface area contributed by atoms with Crippen molar-refractivity contribution < 1.29 is 32.9 Å². The molecule has 0 saturated carbocycles. The number of benzene rings is 1. The van der Waals surface area contributed by atoms with Gasteiger partial charge in [-0.1, -0.05) is 11.2 Å². The van der Waals surface area contributed by atoms with Gasteiger partial charge in [0, 0.05) is 5.92 Å². The Morgan fingerprint density at radius 3 is 2.43 bits per heavy atom. The Hall–Kier alpha value is -1.98. The first-order valence-corrected chi connectivity index (χ1v) is 10.0. The van der Waals surface area contributed by atoms with E-state index >= 15 is 0 Å². The number of hydrogen-bond donors (Lipinski definition) is 2. The third-order valence-corrected chi connectivity index (χ3v) is 5.65. The van der Waals surface area contributed by atoms with E-state index in [4.69, 9.17) is 4.74 Å². The monoisotopic (exact) mass is 420 g/mol. The Morgan fingerprint density at radius 2 is 1.93 bits per heavy atom. The minimum Gasteiger partial charge on any atom is -0.616 e. The Labute approximate surface area is 163 Å². The summed E-state index contributed by atoms with van der Waals surface area (Å²) in [6, 6.07) is 0.783. The first-order valence-electron chi connectivity index (χ1n) is 8.52. The lowest BCUT2D eigenvalue weighted by atomic mass is 9.91. The number of aliphatic hydroxyl groups excluding tert-OH is 1. The predicted molar refractivity (Wildman–Crippen MR) is 97.2 cm³/mol. The smallest absolute Gasteiger partial charge is 0.408 e. The van der Waals surface area contributed by atoms with E-state index in [0.717, 1.165) is 12.1 Å². The van der Waals surface area contributed by atoms with Gasteiger partial charge in [-0.25, -0.2) is 4.79 Å². The molecule has 1 aliphatic heterocycles. The summed E-state index contributed by atoms with van der Waals surface area (Å²) in [4.78, 5) is 21.5. The van der Waals surface area contributed by atoms with E-state index in [1.54, 1.807) is 20.8 Å². The molecule has 0 aromatic heterocycles. The molecule has 1 aromatic rings. The molecule has 0 unspecified atom stereocenters. The Kier molecular flexibility index (Phi) is 6.84. The van der Waals surface area contributed by atoms with E-state index in [-0.39, 0.29) is 23.5 Å². The molecule has 156 valence electrons. The van der Waals surface area contributed by atoms with Gasteiger partial charge in [-0.2, -0.15) is 8.78 Å². The van der Waals surface area contributed by atoms with Crippen LogP contribution in [0.3, 0.4) is 0 Å². The molecule has 1 aromatic carbocycles. The van der Waals surface area contributed by atoms with E-state index in [0.29, 0.717) is 0 Å². The zero-order valence-corrected chi connectivity index (χ0v) is 16.4. The number of hydrogen-bond acceptors (Lipinski definition) is 6. The maximum atomic E-state index is 13.8. The molecule has 28 heavy (non-hydrogen) atoms. The highest BCUT2D eigenvalue weighted by Gasteiger charge is 2.40. The van der Waals surface area contributed by atoms with Crippen molar-refractivity contribution in [2.24, 2.45) is 5.92 Å². The maximum Gasteiger partial charge on any atom is 0.408 e. The molecule has 1 amide bonds. The summed E-state index contributed by atoms with van der Waals surface area (Å²) in [5.41, 5.74) is -1.92. The first-order chi connectivity index (χ1) is 12.9. The Balaban J connectivity index is 2.13. The molecule has 1 aliphatic rings. The molecule has 8 nitrogen and oxygen atoms in total. The molecule has 1 saturated heterocycles. The number of aliphatic hydroxyl groups is 1. The highest BCUT2D eigenvalue weighted by Crippen LogP contribution is 2.28. The van der Waals surface area contributed by atoms with Gasteiger partial charge < -0.3 is 19.7 Å². The molecule has 1 heterocycles. The molecule has 0 bridgehead atoms. The number of carbonyl (C=O) groups is 1. The number of nitrogens with zero attached hydrogens (tertiary/aromatic N) is 1. The maximum absolute atomic E-state index is 13.8. The lowest BCUT2D eigenvalue weighted by molar-refractivity contribution is -0.390. The van der Waals surface area contributed by atoms with Crippen molar-refractivity contribution in [2.75, 3.05) is 11.5 Å². The fourth-order valence-corrected chi connectivity index (χ4v) is 4.62. The fourth-order valence-electron chi connectivity index (χ4n) is 3.01. The predicted octanol–water partition coefficient (Wildman–Crippen LogP) is 2.05. The van der Waals surface area contributed by atoms with Crippen molar-refractivity contribution in [2.45, 2.75) is 44.9 Å². The van der Waals surface area contributed by atoms with Gasteiger partial charge in [0.25, 0.3) is 0 Å². The van der Waals surface area contributed by atoms with Gasteiger partial charge in [-0.3, -0.25) is 10.1 Å². The van der Waals surface area contributed by atoms with Crippen molar-refractivity contribution in [3.8, 4) is 0 Å². The van der Waals surface area contributed by atoms with Gasteiger partial charge in [0.2, 0.25) is 11.6 Å². The number of rotatable bonds is 4. The van der Waals surface area contributed by atoms with Crippen LogP contribution in [0.1, 0.15) is 26.3 Å². The Morgan fingerprint density at radius 1 is 1.36 bits per heavy atom. The van der Waals surface area contributed by atoms with Gasteiger partial charge >= 0.3 is 11.8 Å². The average molecular weight is 420 g/mol. The highest BCUT2D eigenvalue weighted by molar-refractivity contribution is 7.91. The molecule has 1 fully saturated rings. The van der Waals surface area contributed by atoms with Crippen molar-refractivity contribution in [1.29, 1.82) is 0 Å². The summed E-state index contributed by atoms with van der Waals surface area (Å²) in [6.45, 7) is 5.01. The number of nitro benzene ring substituents is 1. The minimum absolute atomic E-state index is 0.0138. The van der Waals surface area contributed by atoms with Crippen LogP contribution < -0.4 is 5.32 Å². The summed E-state index contributed by atoms with van der Waals surface area (Å²) in [5, 5.41) is 23.7. The first kappa shape index (κ1) is 22.3. The normalized spacial score (nSPS) is 25.2. The van der Waals surface area contributed by atoms with Gasteiger partial charge in [-0.15, -0.1) is 0 Å². The van der Waals surface area contributed by atoms with Gasteiger partial charge in [-0.05, 0) is 44.9 Å². The molecule has 2 N–H and O–H groups in total. The number of ether oxygens (including phenoxy) is 1. The van der Waals surface area contributed by atoms with E-state index in [1.807, 2.05) is 0 Å². The van der Waals surface area contributed by atoms with Crippen LogP contribution in [-0.4, -0.2) is 49.9 Å². The largest absolute Gasteiger partial charge is 0.616 e. The second-order valence-corrected chi connectivity index (χ2v) is 9.19. The fraction of sp³-hybridized carbons (Fsp3) is 0.588. The summed E-state index contributed by atoms with van der Waals surface area (Å²) in [6.07, 6.45) is -1.97. The van der Waals surface area contributed by atoms with Gasteiger partial charge in [0.15, 0.2) is 0 Å². The molecule has 0 aliphatic carbocycles. The molecular formula is C17H22F2N2O6S. The zero-order valence-electron chi connectivity index (χ0n) is 15.6. The van der Waals surface area contributed by atoms with Crippen LogP contribution in [-0.2, 0) is 22.3 Å². The van der Waals surface area contributed by atoms with E-state index in [2.05, 4.69) is 5.32 Å². The van der Waals surface area contributed by atoms with Crippen molar-refractivity contribution >= 4 is 23.0 Å². The second kappa shape index (κ2) is 8.58. The van der Waals surface area contributed by atoms with E-state index in [1.165, 1.54) is 0 Å². The lowest BCUT2D eigenvalue weighted by Gasteiger charge is -2.36. The summed E-state index contributed by atoms with van der Waals surface area (Å²) < 4.78 is 44.9. The van der Waals surface area contributed by atoms with Crippen molar-refractivity contribution in [3.05, 3.63) is 39.4 Å². The van der Waals surface area contributed by atoms with Gasteiger partial charge in [0.1, 0.15) is 23.1 Å². The summed E-state index contributed by atoms with van der Waals surface area (Å²) in [7, 11) is 0. The number of nitro groups is 1. The molecular weight excluding hydrogens is 398 g/mol. The highest BCUT2D eigenvalue weighted by atomic mass is 32.2. The quantitative estimate of drug-likeness (QED) is 0.436. The third-order valence-electron chi connectivity index (χ3n) is 4.12. The molecule has 11 heteroatoms. The molecule has 4 atom stereocenters. The van der Waals surface area contributed by atoms with Crippen molar-refractivity contribution in [3.63, 3.8) is 0 Å². The lowest BCUT2D eigenvalue weighted by Crippen LogP contribution is -2.56. The van der Waals surface area contributed by atoms with Gasteiger partial charge in [0.05, 0.1) is 11.0 Å². The molecule has 2 rings (SSSR count). The molecule has 0 spiro atoms. The Bertz CT molecular complexity index is 735. The van der Waals surface area contributed by atoms with Crippen LogP contribution in [0.15, 0.2) is 12.1 Å². The second-order valence-electron chi connectivity index (χ2n) is 7.65. The number of halogens is 2. The molecule has 0 radical (unpaired) electrons. The SMILES string of the molecule is CC(C)(C)OC(=O)N[C@H]1C[S@@+]([O-])C[C@@H](Cc2cc(F)c([N+](=O)[O-])c(F)c2)[C@@H]1O. The number of nitrogens with one attached hydrogen (secondary N) is 1. The standard InChI is InChI=1S/C17H22F2N2O6S/c1-17(2,3)27-16(23)20-13-8-28(26)7-10(15(13)22)4-9-5-11(18)14(21(24)25)12(19)6-9/h5-6,10,13,15,22H,4,7-8H2,1-3H3,(H,20,23)/t10-,13+,15+,28+/m1/s1. The van der Waals surface area contributed by atoms with Crippen LogP contribution in [0.5, 0.6) is 0 Å². The topological polar surface area (TPSA) is 125 Å². The number of alkyl carbamates (subject to hydrolysis) is 1.